The van der Waals surface area contributed by atoms with E-state index in [2.05, 4.69) is 76.3 Å². The van der Waals surface area contributed by atoms with Crippen molar-refractivity contribution in [2.45, 2.75) is 0 Å². The van der Waals surface area contributed by atoms with Crippen molar-refractivity contribution in [2.75, 3.05) is 0 Å². The molecule has 0 unspecified atom stereocenters. The predicted octanol–water partition coefficient (Wildman–Crippen LogP) is 7.62. The Bertz CT molecular complexity index is 1650. The van der Waals surface area contributed by atoms with E-state index in [1.54, 1.807) is 0 Å². The van der Waals surface area contributed by atoms with E-state index in [1.165, 1.54) is 27.4 Å². The van der Waals surface area contributed by atoms with Crippen LogP contribution in [0, 0.1) is 0 Å². The van der Waals surface area contributed by atoms with Gasteiger partial charge in [-0.05, 0) is 59.7 Å². The number of pyridine rings is 1. The lowest BCUT2D eigenvalue weighted by atomic mass is 9.99. The van der Waals surface area contributed by atoms with Crippen LogP contribution in [0.4, 0.5) is 0 Å². The quantitative estimate of drug-likeness (QED) is 0.293. The van der Waals surface area contributed by atoms with Crippen LogP contribution in [0.15, 0.2) is 109 Å². The van der Waals surface area contributed by atoms with Crippen LogP contribution >= 0.6 is 0 Å². The summed E-state index contributed by atoms with van der Waals surface area (Å²) in [6.45, 7) is 0. The third-order valence-electron chi connectivity index (χ3n) is 6.23. The van der Waals surface area contributed by atoms with Crippen LogP contribution in [0.1, 0.15) is 0 Å². The third-order valence-corrected chi connectivity index (χ3v) is 6.23. The molecular formula is C29H18N2O. The summed E-state index contributed by atoms with van der Waals surface area (Å²) >= 11 is 0. The van der Waals surface area contributed by atoms with Gasteiger partial charge in [-0.25, -0.2) is 0 Å². The zero-order valence-electron chi connectivity index (χ0n) is 17.2. The second-order valence-corrected chi connectivity index (χ2v) is 8.09. The molecule has 0 fully saturated rings. The zero-order valence-corrected chi connectivity index (χ0v) is 17.2. The summed E-state index contributed by atoms with van der Waals surface area (Å²) in [6, 6.07) is 35.9. The lowest BCUT2D eigenvalue weighted by Crippen LogP contribution is -2.03. The Morgan fingerprint density at radius 1 is 0.594 bits per heavy atom. The molecule has 0 amide bonds. The van der Waals surface area contributed by atoms with E-state index in [0.29, 0.717) is 0 Å². The fourth-order valence-corrected chi connectivity index (χ4v) is 4.79. The van der Waals surface area contributed by atoms with E-state index >= 15 is 0 Å². The van der Waals surface area contributed by atoms with Crippen LogP contribution in [0.2, 0.25) is 0 Å². The maximum absolute atomic E-state index is 6.23. The maximum Gasteiger partial charge on any atom is 0.152 e. The van der Waals surface area contributed by atoms with Gasteiger partial charge in [-0.15, -0.1) is 0 Å². The van der Waals surface area contributed by atoms with Gasteiger partial charge in [-0.2, -0.15) is 0 Å². The highest BCUT2D eigenvalue weighted by atomic mass is 16.5. The van der Waals surface area contributed by atoms with Crippen molar-refractivity contribution in [2.24, 2.45) is 0 Å². The number of aromatic nitrogens is 2. The summed E-state index contributed by atoms with van der Waals surface area (Å²) in [5.74, 6) is 1.79. The highest BCUT2D eigenvalue weighted by molar-refractivity contribution is 6.13. The number of fused-ring (bicyclic) bond motifs is 5. The molecule has 32 heavy (non-hydrogen) atoms. The first-order valence-electron chi connectivity index (χ1n) is 10.7. The molecule has 0 radical (unpaired) electrons. The van der Waals surface area contributed by atoms with Gasteiger partial charge < -0.3 is 9.30 Å². The van der Waals surface area contributed by atoms with E-state index < -0.39 is 0 Å². The smallest absolute Gasteiger partial charge is 0.152 e. The Balaban J connectivity index is 1.47. The van der Waals surface area contributed by atoms with Crippen molar-refractivity contribution in [3.8, 4) is 39.6 Å². The Hall–Kier alpha value is -4.37. The molecule has 6 aromatic rings. The normalized spacial score (nSPS) is 12.0. The average Bonchev–Trinajstić information content (AvgIpc) is 3.20. The van der Waals surface area contributed by atoms with Crippen molar-refractivity contribution in [1.82, 2.24) is 9.55 Å². The van der Waals surface area contributed by atoms with Crippen LogP contribution in [0.25, 0.3) is 49.9 Å². The van der Waals surface area contributed by atoms with Crippen molar-refractivity contribution in [3.63, 3.8) is 0 Å². The van der Waals surface area contributed by atoms with E-state index in [-0.39, 0.29) is 0 Å². The SMILES string of the molecule is c1ccc(-c2cccc(-c3ccc4c(c3)c3cccc5c3n4-c3ccccc3O5)c2)nc1. The van der Waals surface area contributed by atoms with Gasteiger partial charge in [0.15, 0.2) is 11.5 Å². The topological polar surface area (TPSA) is 27.1 Å². The average molecular weight is 410 g/mol. The summed E-state index contributed by atoms with van der Waals surface area (Å²) in [7, 11) is 0. The molecule has 0 bridgehead atoms. The minimum atomic E-state index is 0.886. The van der Waals surface area contributed by atoms with Crippen molar-refractivity contribution in [3.05, 3.63) is 109 Å². The number of benzene rings is 4. The molecule has 0 N–H and O–H groups in total. The van der Waals surface area contributed by atoms with E-state index in [4.69, 9.17) is 4.74 Å². The molecule has 1 aliphatic rings. The van der Waals surface area contributed by atoms with Crippen LogP contribution in [-0.4, -0.2) is 9.55 Å². The molecule has 0 spiro atoms. The van der Waals surface area contributed by atoms with E-state index in [1.807, 2.05) is 42.6 Å². The maximum atomic E-state index is 6.23. The van der Waals surface area contributed by atoms with E-state index in [9.17, 15) is 0 Å². The number of rotatable bonds is 2. The minimum Gasteiger partial charge on any atom is -0.453 e. The molecule has 1 aliphatic heterocycles. The van der Waals surface area contributed by atoms with Crippen molar-refractivity contribution < 1.29 is 4.74 Å². The van der Waals surface area contributed by atoms with Gasteiger partial charge in [0.2, 0.25) is 0 Å². The molecule has 4 aromatic carbocycles. The number of hydrogen-bond acceptors (Lipinski definition) is 2. The molecule has 0 atom stereocenters. The van der Waals surface area contributed by atoms with Gasteiger partial charge in [-0.3, -0.25) is 4.98 Å². The Kier molecular flexibility index (Phi) is 3.55. The zero-order chi connectivity index (χ0) is 21.1. The van der Waals surface area contributed by atoms with Crippen LogP contribution in [0.5, 0.6) is 11.5 Å². The minimum absolute atomic E-state index is 0.886. The number of hydrogen-bond donors (Lipinski definition) is 0. The number of para-hydroxylation sites is 3. The van der Waals surface area contributed by atoms with Gasteiger partial charge in [0, 0.05) is 22.5 Å². The first kappa shape index (κ1) is 17.3. The molecule has 0 aliphatic carbocycles. The van der Waals surface area contributed by atoms with Gasteiger partial charge in [0.25, 0.3) is 0 Å². The second kappa shape index (κ2) is 6.56. The van der Waals surface area contributed by atoms with Gasteiger partial charge in [0.05, 0.1) is 22.4 Å². The van der Waals surface area contributed by atoms with Crippen LogP contribution < -0.4 is 4.74 Å². The summed E-state index contributed by atoms with van der Waals surface area (Å²) in [5.41, 5.74) is 7.86. The summed E-state index contributed by atoms with van der Waals surface area (Å²) < 4.78 is 8.56. The van der Waals surface area contributed by atoms with Crippen molar-refractivity contribution >= 4 is 21.8 Å². The highest BCUT2D eigenvalue weighted by Gasteiger charge is 2.23. The van der Waals surface area contributed by atoms with Gasteiger partial charge >= 0.3 is 0 Å². The van der Waals surface area contributed by atoms with Crippen molar-refractivity contribution in [1.29, 1.82) is 0 Å². The molecular weight excluding hydrogens is 392 g/mol. The highest BCUT2D eigenvalue weighted by Crippen LogP contribution is 2.45. The summed E-state index contributed by atoms with van der Waals surface area (Å²) in [6.07, 6.45) is 1.84. The molecule has 7 rings (SSSR count). The second-order valence-electron chi connectivity index (χ2n) is 8.09. The third kappa shape index (κ3) is 2.45. The lowest BCUT2D eigenvalue weighted by molar-refractivity contribution is 0.476. The Labute approximate surface area is 185 Å². The van der Waals surface area contributed by atoms with E-state index in [0.717, 1.165) is 34.0 Å². The Morgan fingerprint density at radius 3 is 2.34 bits per heavy atom. The fourth-order valence-electron chi connectivity index (χ4n) is 4.79. The molecule has 150 valence electrons. The Morgan fingerprint density at radius 2 is 1.41 bits per heavy atom. The first-order valence-corrected chi connectivity index (χ1v) is 10.7. The molecule has 0 saturated carbocycles. The largest absolute Gasteiger partial charge is 0.453 e. The predicted molar refractivity (Wildman–Crippen MR) is 130 cm³/mol. The molecule has 3 heterocycles. The molecule has 0 saturated heterocycles. The van der Waals surface area contributed by atoms with Gasteiger partial charge in [-0.1, -0.05) is 54.6 Å². The number of ether oxygens (including phenoxy) is 1. The molecule has 3 nitrogen and oxygen atoms in total. The lowest BCUT2D eigenvalue weighted by Gasteiger charge is -2.20. The summed E-state index contributed by atoms with van der Waals surface area (Å²) in [4.78, 5) is 4.51. The van der Waals surface area contributed by atoms with Crippen LogP contribution in [-0.2, 0) is 0 Å². The monoisotopic (exact) mass is 410 g/mol. The standard InChI is InChI=1S/C29H18N2O/c1-2-12-27-26(11-1)31-25-15-14-20(18-23(25)22-9-6-13-28(32-27)29(22)31)19-7-5-8-21(17-19)24-10-3-4-16-30-24/h1-18H. The fraction of sp³-hybridized carbons (Fsp3) is 0. The summed E-state index contributed by atoms with van der Waals surface area (Å²) in [5, 5.41) is 2.43. The molecule has 3 heteroatoms. The number of nitrogens with zero attached hydrogens (tertiary/aromatic N) is 2. The first-order chi connectivity index (χ1) is 15.9. The van der Waals surface area contributed by atoms with Gasteiger partial charge in [0.1, 0.15) is 0 Å². The molecule has 2 aromatic heterocycles. The van der Waals surface area contributed by atoms with Crippen LogP contribution in [0.3, 0.4) is 0 Å².